The summed E-state index contributed by atoms with van der Waals surface area (Å²) in [6.45, 7) is 0.434. The summed E-state index contributed by atoms with van der Waals surface area (Å²) >= 11 is 2.64. The topological polar surface area (TPSA) is 93.8 Å². The highest BCUT2D eigenvalue weighted by Gasteiger charge is 2.29. The standard InChI is InChI=1S/C13H11N5OS2/c14-13-16-9-5-15-10(19)4-7(12(9)20-13)6-2-1-3-8-11(6)18-21-17-8/h1-3,7H,4-5H2,(H2,14,16)(H,15,19)/t7-/m1/s1. The van der Waals surface area contributed by atoms with Crippen molar-refractivity contribution in [1.82, 2.24) is 19.0 Å². The van der Waals surface area contributed by atoms with Gasteiger partial charge in [-0.3, -0.25) is 4.79 Å². The maximum absolute atomic E-state index is 12.0. The van der Waals surface area contributed by atoms with E-state index in [1.165, 1.54) is 23.1 Å². The highest BCUT2D eigenvalue weighted by atomic mass is 32.1. The molecule has 1 aliphatic rings. The minimum absolute atomic E-state index is 0.0176. The Morgan fingerprint density at radius 1 is 1.33 bits per heavy atom. The predicted octanol–water partition coefficient (Wildman–Crippen LogP) is 1.88. The average Bonchev–Trinajstić information content (AvgIpc) is 3.05. The molecule has 1 aliphatic heterocycles. The lowest BCUT2D eigenvalue weighted by atomic mass is 9.92. The normalized spacial score (nSPS) is 18.3. The average molecular weight is 317 g/mol. The first-order chi connectivity index (χ1) is 10.2. The molecule has 0 fully saturated rings. The molecule has 0 spiro atoms. The van der Waals surface area contributed by atoms with Crippen molar-refractivity contribution in [2.75, 3.05) is 5.73 Å². The van der Waals surface area contributed by atoms with Crippen molar-refractivity contribution in [2.45, 2.75) is 18.9 Å². The largest absolute Gasteiger partial charge is 0.375 e. The van der Waals surface area contributed by atoms with Crippen LogP contribution < -0.4 is 11.1 Å². The number of aromatic nitrogens is 3. The predicted molar refractivity (Wildman–Crippen MR) is 82.2 cm³/mol. The van der Waals surface area contributed by atoms with Gasteiger partial charge in [0.15, 0.2) is 5.13 Å². The maximum Gasteiger partial charge on any atom is 0.221 e. The van der Waals surface area contributed by atoms with Crippen molar-refractivity contribution in [3.05, 3.63) is 34.3 Å². The Balaban J connectivity index is 1.93. The van der Waals surface area contributed by atoms with E-state index in [9.17, 15) is 4.79 Å². The summed E-state index contributed by atoms with van der Waals surface area (Å²) in [6, 6.07) is 5.89. The molecule has 1 aromatic carbocycles. The molecular formula is C13H11N5OS2. The molecule has 4 rings (SSSR count). The minimum Gasteiger partial charge on any atom is -0.375 e. The first-order valence-electron chi connectivity index (χ1n) is 6.45. The van der Waals surface area contributed by atoms with Crippen LogP contribution in [0.1, 0.15) is 28.5 Å². The Morgan fingerprint density at radius 2 is 2.24 bits per heavy atom. The number of hydrogen-bond acceptors (Lipinski definition) is 7. The van der Waals surface area contributed by atoms with Crippen LogP contribution >= 0.6 is 23.1 Å². The summed E-state index contributed by atoms with van der Waals surface area (Å²) in [4.78, 5) is 17.4. The Labute approximate surface area is 128 Å². The molecule has 8 heteroatoms. The number of benzene rings is 1. The van der Waals surface area contributed by atoms with Crippen molar-refractivity contribution in [3.8, 4) is 0 Å². The van der Waals surface area contributed by atoms with Gasteiger partial charge in [-0.05, 0) is 11.6 Å². The molecule has 106 valence electrons. The van der Waals surface area contributed by atoms with Gasteiger partial charge in [0.05, 0.1) is 24.0 Å². The van der Waals surface area contributed by atoms with Crippen molar-refractivity contribution in [1.29, 1.82) is 0 Å². The summed E-state index contributed by atoms with van der Waals surface area (Å²) in [6.07, 6.45) is 0.380. The first-order valence-corrected chi connectivity index (χ1v) is 8.00. The fourth-order valence-electron chi connectivity index (χ4n) is 2.67. The van der Waals surface area contributed by atoms with Gasteiger partial charge in [0, 0.05) is 17.2 Å². The number of nitrogens with zero attached hydrogens (tertiary/aromatic N) is 3. The van der Waals surface area contributed by atoms with E-state index >= 15 is 0 Å². The van der Waals surface area contributed by atoms with Crippen molar-refractivity contribution < 1.29 is 4.79 Å². The molecule has 3 heterocycles. The van der Waals surface area contributed by atoms with Crippen LogP contribution in [-0.2, 0) is 11.3 Å². The summed E-state index contributed by atoms with van der Waals surface area (Å²) in [5, 5.41) is 3.40. The fraction of sp³-hybridized carbons (Fsp3) is 0.231. The highest BCUT2D eigenvalue weighted by Crippen LogP contribution is 2.39. The number of carbonyl (C=O) groups is 1. The summed E-state index contributed by atoms with van der Waals surface area (Å²) in [5.41, 5.74) is 9.44. The Kier molecular flexibility index (Phi) is 2.86. The molecule has 0 radical (unpaired) electrons. The molecule has 3 aromatic rings. The van der Waals surface area contributed by atoms with E-state index in [0.29, 0.717) is 18.1 Å². The number of nitrogen functional groups attached to an aromatic ring is 1. The Bertz CT molecular complexity index is 840. The number of hydrogen-bond donors (Lipinski definition) is 2. The Morgan fingerprint density at radius 3 is 3.14 bits per heavy atom. The van der Waals surface area contributed by atoms with Gasteiger partial charge in [-0.1, -0.05) is 12.1 Å². The number of anilines is 1. The zero-order chi connectivity index (χ0) is 14.4. The SMILES string of the molecule is Nc1nc2c(s1)[C@@H](c1cccc3nsnc13)CC(=O)NC2. The molecule has 21 heavy (non-hydrogen) atoms. The quantitative estimate of drug-likeness (QED) is 0.715. The first kappa shape index (κ1) is 12.7. The number of amides is 1. The third kappa shape index (κ3) is 2.07. The van der Waals surface area contributed by atoms with Gasteiger partial charge in [-0.25, -0.2) is 4.98 Å². The summed E-state index contributed by atoms with van der Waals surface area (Å²) in [5.74, 6) is -0.0473. The van der Waals surface area contributed by atoms with Crippen molar-refractivity contribution in [2.24, 2.45) is 0 Å². The maximum atomic E-state index is 12.0. The van der Waals surface area contributed by atoms with Crippen LogP contribution in [0.2, 0.25) is 0 Å². The van der Waals surface area contributed by atoms with E-state index < -0.39 is 0 Å². The molecular weight excluding hydrogens is 306 g/mol. The smallest absolute Gasteiger partial charge is 0.221 e. The fourth-order valence-corrected chi connectivity index (χ4v) is 4.20. The number of carbonyl (C=O) groups excluding carboxylic acids is 1. The zero-order valence-electron chi connectivity index (χ0n) is 10.9. The monoisotopic (exact) mass is 317 g/mol. The van der Waals surface area contributed by atoms with Crippen LogP contribution in [0.4, 0.5) is 5.13 Å². The molecule has 3 N–H and O–H groups in total. The van der Waals surface area contributed by atoms with E-state index in [-0.39, 0.29) is 11.8 Å². The van der Waals surface area contributed by atoms with E-state index in [1.807, 2.05) is 18.2 Å². The Hall–Kier alpha value is -2.06. The highest BCUT2D eigenvalue weighted by molar-refractivity contribution is 7.15. The van der Waals surface area contributed by atoms with Gasteiger partial charge >= 0.3 is 0 Å². The summed E-state index contributed by atoms with van der Waals surface area (Å²) in [7, 11) is 0. The van der Waals surface area contributed by atoms with Crippen LogP contribution in [0.25, 0.3) is 11.0 Å². The van der Waals surface area contributed by atoms with Gasteiger partial charge in [-0.2, -0.15) is 8.75 Å². The van der Waals surface area contributed by atoms with Crippen LogP contribution in [-0.4, -0.2) is 19.6 Å². The van der Waals surface area contributed by atoms with Crippen LogP contribution in [0, 0.1) is 0 Å². The van der Waals surface area contributed by atoms with E-state index in [4.69, 9.17) is 5.73 Å². The molecule has 6 nitrogen and oxygen atoms in total. The molecule has 0 unspecified atom stereocenters. The number of thiazole rings is 1. The van der Waals surface area contributed by atoms with Crippen molar-refractivity contribution >= 4 is 45.1 Å². The minimum atomic E-state index is -0.0649. The lowest BCUT2D eigenvalue weighted by Gasteiger charge is -2.13. The van der Waals surface area contributed by atoms with E-state index in [1.54, 1.807) is 0 Å². The lowest BCUT2D eigenvalue weighted by Crippen LogP contribution is -2.21. The second kappa shape index (κ2) is 4.74. The lowest BCUT2D eigenvalue weighted by molar-refractivity contribution is -0.121. The third-order valence-electron chi connectivity index (χ3n) is 3.60. The third-order valence-corrected chi connectivity index (χ3v) is 5.18. The molecule has 0 bridgehead atoms. The number of fused-ring (bicyclic) bond motifs is 2. The number of nitrogens with one attached hydrogen (secondary N) is 1. The van der Waals surface area contributed by atoms with Crippen LogP contribution in [0.5, 0.6) is 0 Å². The molecule has 1 amide bonds. The second-order valence-corrected chi connectivity index (χ2v) is 6.47. The van der Waals surface area contributed by atoms with Crippen molar-refractivity contribution in [3.63, 3.8) is 0 Å². The van der Waals surface area contributed by atoms with Gasteiger partial charge in [-0.15, -0.1) is 11.3 Å². The molecule has 2 aromatic heterocycles. The molecule has 0 saturated carbocycles. The summed E-state index contributed by atoms with van der Waals surface area (Å²) < 4.78 is 8.65. The second-order valence-electron chi connectivity index (χ2n) is 4.88. The molecule has 0 aliphatic carbocycles. The number of nitrogens with two attached hydrogens (primary N) is 1. The van der Waals surface area contributed by atoms with Crippen LogP contribution in [0.3, 0.4) is 0 Å². The van der Waals surface area contributed by atoms with Gasteiger partial charge in [0.2, 0.25) is 5.91 Å². The van der Waals surface area contributed by atoms with Gasteiger partial charge in [0.25, 0.3) is 0 Å². The number of rotatable bonds is 1. The van der Waals surface area contributed by atoms with E-state index in [2.05, 4.69) is 19.0 Å². The molecule has 1 atom stereocenters. The van der Waals surface area contributed by atoms with Gasteiger partial charge in [0.1, 0.15) is 11.0 Å². The van der Waals surface area contributed by atoms with Gasteiger partial charge < -0.3 is 11.1 Å². The zero-order valence-corrected chi connectivity index (χ0v) is 12.5. The van der Waals surface area contributed by atoms with Crippen LogP contribution in [0.15, 0.2) is 18.2 Å². The molecule has 0 saturated heterocycles. The van der Waals surface area contributed by atoms with E-state index in [0.717, 1.165) is 27.2 Å².